The number of rotatable bonds is 38. The van der Waals surface area contributed by atoms with Gasteiger partial charge in [-0.15, -0.1) is 0 Å². The molecule has 0 spiro atoms. The van der Waals surface area contributed by atoms with Crippen LogP contribution >= 0.6 is 7.82 Å². The van der Waals surface area contributed by atoms with Gasteiger partial charge in [-0.05, 0) is 38.5 Å². The van der Waals surface area contributed by atoms with Crippen LogP contribution < -0.4 is 4.89 Å². The fourth-order valence-electron chi connectivity index (χ4n) is 5.71. The predicted molar refractivity (Wildman–Crippen MR) is 208 cm³/mol. The van der Waals surface area contributed by atoms with Crippen LogP contribution in [0.5, 0.6) is 0 Å². The van der Waals surface area contributed by atoms with E-state index < -0.39 is 32.5 Å². The molecule has 302 valence electrons. The van der Waals surface area contributed by atoms with Crippen LogP contribution in [-0.2, 0) is 32.7 Å². The molecule has 0 saturated carbocycles. The van der Waals surface area contributed by atoms with E-state index >= 15 is 0 Å². The highest BCUT2D eigenvalue weighted by Gasteiger charge is 2.21. The number of carbonyl (C=O) groups excluding carboxylic acids is 2. The van der Waals surface area contributed by atoms with Gasteiger partial charge in [0.1, 0.15) is 19.8 Å². The van der Waals surface area contributed by atoms with E-state index in [1.807, 2.05) is 21.1 Å². The number of hydrogen-bond donors (Lipinski definition) is 0. The molecule has 0 aromatic rings. The lowest BCUT2D eigenvalue weighted by molar-refractivity contribution is -0.870. The van der Waals surface area contributed by atoms with Crippen molar-refractivity contribution in [3.63, 3.8) is 0 Å². The summed E-state index contributed by atoms with van der Waals surface area (Å²) in [5.74, 6) is -0.846. The third-order valence-electron chi connectivity index (χ3n) is 9.04. The summed E-state index contributed by atoms with van der Waals surface area (Å²) >= 11 is 0. The minimum atomic E-state index is -4.62. The molecule has 0 saturated heterocycles. The van der Waals surface area contributed by atoms with Gasteiger partial charge in [-0.1, -0.05) is 148 Å². The number of unbranched alkanes of at least 4 members (excludes halogenated alkanes) is 22. The number of phosphoric acid groups is 1. The monoisotopic (exact) mass is 746 g/mol. The molecule has 2 atom stereocenters. The predicted octanol–water partition coefficient (Wildman–Crippen LogP) is 10.8. The molecule has 51 heavy (non-hydrogen) atoms. The topological polar surface area (TPSA) is 111 Å². The summed E-state index contributed by atoms with van der Waals surface area (Å²) in [7, 11) is 1.17. The zero-order valence-electron chi connectivity index (χ0n) is 33.8. The SMILES string of the molecule is CCCCCCCC/C=C/CCCCCC(=O)OC[C@H](COP(=O)([O-])OCC[N+](C)(C)C)OC(=O)CCCCCCCCCCCCCCCC. The highest BCUT2D eigenvalue weighted by atomic mass is 31.2. The van der Waals surface area contributed by atoms with E-state index in [1.165, 1.54) is 109 Å². The number of phosphoric ester groups is 1. The first-order chi connectivity index (χ1) is 24.5. The first kappa shape index (κ1) is 49.8. The van der Waals surface area contributed by atoms with Gasteiger partial charge in [0.2, 0.25) is 0 Å². The third kappa shape index (κ3) is 38.3. The number of allylic oxidation sites excluding steroid dienone is 2. The summed E-state index contributed by atoms with van der Waals surface area (Å²) in [6, 6.07) is 0. The molecule has 0 bridgehead atoms. The van der Waals surface area contributed by atoms with Crippen molar-refractivity contribution >= 4 is 19.8 Å². The van der Waals surface area contributed by atoms with Gasteiger partial charge in [-0.2, -0.15) is 0 Å². The van der Waals surface area contributed by atoms with Gasteiger partial charge >= 0.3 is 11.9 Å². The van der Waals surface area contributed by atoms with E-state index in [0.29, 0.717) is 23.9 Å². The maximum absolute atomic E-state index is 12.6. The number of esters is 2. The average molecular weight is 746 g/mol. The summed E-state index contributed by atoms with van der Waals surface area (Å²) in [4.78, 5) is 37.4. The fraction of sp³-hybridized carbons (Fsp3) is 0.902. The second kappa shape index (κ2) is 34.5. The van der Waals surface area contributed by atoms with Gasteiger partial charge in [0.25, 0.3) is 7.82 Å². The Balaban J connectivity index is 4.40. The summed E-state index contributed by atoms with van der Waals surface area (Å²) in [5, 5.41) is 0. The molecule has 0 aliphatic rings. The number of quaternary nitrogens is 1. The molecule has 0 fully saturated rings. The van der Waals surface area contributed by atoms with Gasteiger partial charge in [-0.3, -0.25) is 14.2 Å². The number of hydrogen-bond acceptors (Lipinski definition) is 8. The van der Waals surface area contributed by atoms with E-state index in [4.69, 9.17) is 18.5 Å². The molecule has 0 radical (unpaired) electrons. The first-order valence-electron chi connectivity index (χ1n) is 20.9. The van der Waals surface area contributed by atoms with Crippen LogP contribution in [0.2, 0.25) is 0 Å². The molecule has 9 nitrogen and oxygen atoms in total. The normalized spacial score (nSPS) is 13.8. The Morgan fingerprint density at radius 1 is 0.588 bits per heavy atom. The van der Waals surface area contributed by atoms with Crippen LogP contribution in [0, 0.1) is 0 Å². The zero-order chi connectivity index (χ0) is 37.9. The number of ether oxygens (including phenoxy) is 2. The third-order valence-corrected chi connectivity index (χ3v) is 10.00. The molecule has 0 aliphatic carbocycles. The number of carbonyl (C=O) groups is 2. The summed E-state index contributed by atoms with van der Waals surface area (Å²) < 4.78 is 33.8. The largest absolute Gasteiger partial charge is 0.756 e. The average Bonchev–Trinajstić information content (AvgIpc) is 3.07. The van der Waals surface area contributed by atoms with Gasteiger partial charge in [0, 0.05) is 12.8 Å². The molecule has 10 heteroatoms. The maximum Gasteiger partial charge on any atom is 0.306 e. The van der Waals surface area contributed by atoms with Crippen LogP contribution in [-0.4, -0.2) is 70.0 Å². The van der Waals surface area contributed by atoms with Crippen molar-refractivity contribution in [3.8, 4) is 0 Å². The van der Waals surface area contributed by atoms with E-state index in [2.05, 4.69) is 26.0 Å². The van der Waals surface area contributed by atoms with Crippen LogP contribution in [0.3, 0.4) is 0 Å². The summed E-state index contributed by atoms with van der Waals surface area (Å²) in [6.45, 7) is 4.21. The smallest absolute Gasteiger partial charge is 0.306 e. The van der Waals surface area contributed by atoms with Gasteiger partial charge in [0.05, 0.1) is 27.7 Å². The lowest BCUT2D eigenvalue weighted by atomic mass is 10.0. The van der Waals surface area contributed by atoms with Crippen molar-refractivity contribution in [3.05, 3.63) is 12.2 Å². The lowest BCUT2D eigenvalue weighted by Gasteiger charge is -2.28. The summed E-state index contributed by atoms with van der Waals surface area (Å²) in [5.41, 5.74) is 0. The molecule has 1 unspecified atom stereocenters. The highest BCUT2D eigenvalue weighted by Crippen LogP contribution is 2.38. The van der Waals surface area contributed by atoms with Crippen molar-refractivity contribution in [1.82, 2.24) is 0 Å². The quantitative estimate of drug-likeness (QED) is 0.0202. The standard InChI is InChI=1S/C41H80NO8P/c1-6-8-10-12-14-16-18-20-22-24-26-28-30-32-34-41(44)50-39(38-49-51(45,46)48-36-35-42(3,4)5)37-47-40(43)33-31-29-27-25-23-21-19-17-15-13-11-9-7-2/h21,23,39H,6-20,22,24-38H2,1-5H3/b23-21+/t39-/m1/s1. The van der Waals surface area contributed by atoms with Gasteiger partial charge in [0.15, 0.2) is 6.10 Å². The van der Waals surface area contributed by atoms with E-state index in [9.17, 15) is 19.0 Å². The van der Waals surface area contributed by atoms with Crippen molar-refractivity contribution in [2.75, 3.05) is 47.5 Å². The second-order valence-electron chi connectivity index (χ2n) is 15.4. The van der Waals surface area contributed by atoms with Crippen molar-refractivity contribution in [1.29, 1.82) is 0 Å². The van der Waals surface area contributed by atoms with E-state index in [0.717, 1.165) is 38.5 Å². The minimum absolute atomic E-state index is 0.0300. The minimum Gasteiger partial charge on any atom is -0.756 e. The Morgan fingerprint density at radius 3 is 1.47 bits per heavy atom. The molecule has 0 N–H and O–H groups in total. The number of nitrogens with zero attached hydrogens (tertiary/aromatic N) is 1. The van der Waals surface area contributed by atoms with Gasteiger partial charge in [-0.25, -0.2) is 0 Å². The van der Waals surface area contributed by atoms with E-state index in [1.54, 1.807) is 0 Å². The fourth-order valence-corrected chi connectivity index (χ4v) is 6.44. The Bertz CT molecular complexity index is 891. The molecular formula is C41H80NO8P. The zero-order valence-corrected chi connectivity index (χ0v) is 34.7. The molecule has 0 amide bonds. The van der Waals surface area contributed by atoms with Crippen LogP contribution in [0.15, 0.2) is 12.2 Å². The molecule has 0 aromatic heterocycles. The second-order valence-corrected chi connectivity index (χ2v) is 16.8. The highest BCUT2D eigenvalue weighted by molar-refractivity contribution is 7.45. The Kier molecular flexibility index (Phi) is 33.7. The van der Waals surface area contributed by atoms with E-state index in [-0.39, 0.29) is 26.1 Å². The first-order valence-corrected chi connectivity index (χ1v) is 22.4. The van der Waals surface area contributed by atoms with Crippen LogP contribution in [0.25, 0.3) is 0 Å². The molecule has 0 rings (SSSR count). The van der Waals surface area contributed by atoms with Crippen molar-refractivity contribution in [2.45, 2.75) is 193 Å². The Hall–Kier alpha value is -1.25. The maximum atomic E-state index is 12.6. The molecular weight excluding hydrogens is 665 g/mol. The van der Waals surface area contributed by atoms with Crippen molar-refractivity contribution < 1.29 is 42.1 Å². The molecule has 0 aliphatic heterocycles. The lowest BCUT2D eigenvalue weighted by Crippen LogP contribution is -2.37. The number of likely N-dealkylation sites (N-methyl/N-ethyl adjacent to an activating group) is 1. The molecule has 0 heterocycles. The van der Waals surface area contributed by atoms with Gasteiger partial charge < -0.3 is 27.9 Å². The molecule has 0 aromatic carbocycles. The Labute approximate surface area is 314 Å². The van der Waals surface area contributed by atoms with Crippen molar-refractivity contribution in [2.24, 2.45) is 0 Å². The Morgan fingerprint density at radius 2 is 1.00 bits per heavy atom. The summed E-state index contributed by atoms with van der Waals surface area (Å²) in [6.07, 6.45) is 33.7. The van der Waals surface area contributed by atoms with Crippen LogP contribution in [0.1, 0.15) is 187 Å². The van der Waals surface area contributed by atoms with Crippen LogP contribution in [0.4, 0.5) is 0 Å².